The number of alkyl halides is 3. The van der Waals surface area contributed by atoms with E-state index in [9.17, 15) is 13.2 Å². The quantitative estimate of drug-likeness (QED) is 0.809. The van der Waals surface area contributed by atoms with Gasteiger partial charge in [0.1, 0.15) is 11.6 Å². The number of nitrogens with zero attached hydrogens (tertiary/aromatic N) is 3. The minimum absolute atomic E-state index is 0.334. The topological polar surface area (TPSA) is 62.3 Å². The molecule has 0 radical (unpaired) electrons. The number of anilines is 3. The number of hydrogen-bond donors (Lipinski definition) is 2. The third-order valence-corrected chi connectivity index (χ3v) is 5.31. The number of rotatable bonds is 4. The number of ether oxygens (including phenoxy) is 1. The van der Waals surface area contributed by atoms with Crippen molar-refractivity contribution in [2.45, 2.75) is 24.9 Å². The Morgan fingerprint density at radius 2 is 1.83 bits per heavy atom. The lowest BCUT2D eigenvalue weighted by Gasteiger charge is -2.30. The van der Waals surface area contributed by atoms with E-state index in [0.29, 0.717) is 30.8 Å². The van der Waals surface area contributed by atoms with E-state index in [1.807, 2.05) is 6.07 Å². The Morgan fingerprint density at radius 1 is 1.07 bits per heavy atom. The Kier molecular flexibility index (Phi) is 5.86. The molecule has 0 saturated carbocycles. The SMILES string of the molecule is FC(F)(F)c1ccc(Nc2cc(N3CCOCC3)cc(C3CCNCC3)n2)nc1. The second-order valence-electron chi connectivity index (χ2n) is 7.31. The van der Waals surface area contributed by atoms with Gasteiger partial charge < -0.3 is 20.3 Å². The summed E-state index contributed by atoms with van der Waals surface area (Å²) in [6.07, 6.45) is -1.54. The van der Waals surface area contributed by atoms with Gasteiger partial charge in [-0.25, -0.2) is 9.97 Å². The first-order chi connectivity index (χ1) is 14.0. The van der Waals surface area contributed by atoms with Crippen LogP contribution in [-0.2, 0) is 10.9 Å². The Hall–Kier alpha value is -2.39. The van der Waals surface area contributed by atoms with Crippen molar-refractivity contribution in [3.05, 3.63) is 41.7 Å². The average molecular weight is 407 g/mol. The summed E-state index contributed by atoms with van der Waals surface area (Å²) >= 11 is 0. The molecule has 156 valence electrons. The van der Waals surface area contributed by atoms with E-state index in [4.69, 9.17) is 9.72 Å². The molecule has 29 heavy (non-hydrogen) atoms. The normalized spacial score (nSPS) is 18.7. The van der Waals surface area contributed by atoms with Crippen molar-refractivity contribution in [2.24, 2.45) is 0 Å². The maximum atomic E-state index is 12.8. The Bertz CT molecular complexity index is 780. The average Bonchev–Trinajstić information content (AvgIpc) is 2.74. The van der Waals surface area contributed by atoms with Crippen LogP contribution in [0.1, 0.15) is 30.0 Å². The Labute approximate surface area is 167 Å². The van der Waals surface area contributed by atoms with Gasteiger partial charge in [-0.1, -0.05) is 0 Å². The van der Waals surface area contributed by atoms with Crippen molar-refractivity contribution in [3.63, 3.8) is 0 Å². The Morgan fingerprint density at radius 3 is 2.48 bits per heavy atom. The second-order valence-corrected chi connectivity index (χ2v) is 7.31. The summed E-state index contributed by atoms with van der Waals surface area (Å²) in [5, 5.41) is 6.44. The summed E-state index contributed by atoms with van der Waals surface area (Å²) in [4.78, 5) is 10.9. The predicted octanol–water partition coefficient (Wildman–Crippen LogP) is 3.54. The third kappa shape index (κ3) is 4.97. The monoisotopic (exact) mass is 407 g/mol. The summed E-state index contributed by atoms with van der Waals surface area (Å²) in [5.74, 6) is 1.29. The van der Waals surface area contributed by atoms with Gasteiger partial charge in [-0.3, -0.25) is 0 Å². The summed E-state index contributed by atoms with van der Waals surface area (Å²) in [6.45, 7) is 4.86. The van der Waals surface area contributed by atoms with E-state index in [0.717, 1.165) is 62.7 Å². The summed E-state index contributed by atoms with van der Waals surface area (Å²) in [5.41, 5.74) is 1.28. The van der Waals surface area contributed by atoms with Crippen LogP contribution in [0.25, 0.3) is 0 Å². The van der Waals surface area contributed by atoms with Crippen LogP contribution in [0.5, 0.6) is 0 Å². The molecule has 0 amide bonds. The first-order valence-electron chi connectivity index (χ1n) is 9.85. The number of pyridine rings is 2. The number of aromatic nitrogens is 2. The maximum absolute atomic E-state index is 12.8. The van der Waals surface area contributed by atoms with Gasteiger partial charge in [0.05, 0.1) is 18.8 Å². The molecule has 0 aromatic carbocycles. The fourth-order valence-corrected chi connectivity index (χ4v) is 3.70. The molecular weight excluding hydrogens is 383 g/mol. The van der Waals surface area contributed by atoms with Crippen molar-refractivity contribution in [1.29, 1.82) is 0 Å². The van der Waals surface area contributed by atoms with Gasteiger partial charge in [-0.05, 0) is 44.1 Å². The molecule has 2 N–H and O–H groups in total. The largest absolute Gasteiger partial charge is 0.417 e. The van der Waals surface area contributed by atoms with Crippen LogP contribution in [-0.4, -0.2) is 49.4 Å². The van der Waals surface area contributed by atoms with E-state index in [1.54, 1.807) is 0 Å². The lowest BCUT2D eigenvalue weighted by Crippen LogP contribution is -2.36. The van der Waals surface area contributed by atoms with Crippen molar-refractivity contribution in [1.82, 2.24) is 15.3 Å². The molecule has 6 nitrogen and oxygen atoms in total. The molecule has 4 heterocycles. The molecule has 2 saturated heterocycles. The van der Waals surface area contributed by atoms with Gasteiger partial charge >= 0.3 is 6.18 Å². The predicted molar refractivity (Wildman–Crippen MR) is 105 cm³/mol. The number of halogens is 3. The highest BCUT2D eigenvalue weighted by molar-refractivity contribution is 5.61. The summed E-state index contributed by atoms with van der Waals surface area (Å²) in [6, 6.07) is 6.41. The van der Waals surface area contributed by atoms with E-state index in [-0.39, 0.29) is 0 Å². The van der Waals surface area contributed by atoms with Gasteiger partial charge in [0.25, 0.3) is 0 Å². The lowest BCUT2D eigenvalue weighted by atomic mass is 9.94. The van der Waals surface area contributed by atoms with Crippen molar-refractivity contribution >= 4 is 17.3 Å². The zero-order chi connectivity index (χ0) is 20.3. The minimum atomic E-state index is -4.40. The third-order valence-electron chi connectivity index (χ3n) is 5.31. The molecule has 0 bridgehead atoms. The zero-order valence-corrected chi connectivity index (χ0v) is 16.0. The standard InChI is InChI=1S/C20H24F3N5O/c21-20(22,23)15-1-2-18(25-13-15)27-19-12-16(28-7-9-29-10-8-28)11-17(26-19)14-3-5-24-6-4-14/h1-2,11-14,24H,3-10H2,(H,25,26,27). The van der Waals surface area contributed by atoms with E-state index < -0.39 is 11.7 Å². The van der Waals surface area contributed by atoms with Crippen LogP contribution in [0, 0.1) is 0 Å². The molecule has 9 heteroatoms. The molecule has 2 aromatic rings. The molecule has 0 atom stereocenters. The van der Waals surface area contributed by atoms with Crippen LogP contribution in [0.3, 0.4) is 0 Å². The van der Waals surface area contributed by atoms with Crippen LogP contribution in [0.2, 0.25) is 0 Å². The molecule has 2 aromatic heterocycles. The zero-order valence-electron chi connectivity index (χ0n) is 16.0. The van der Waals surface area contributed by atoms with Crippen LogP contribution < -0.4 is 15.5 Å². The number of hydrogen-bond acceptors (Lipinski definition) is 6. The van der Waals surface area contributed by atoms with Crippen LogP contribution in [0.4, 0.5) is 30.5 Å². The van der Waals surface area contributed by atoms with Gasteiger partial charge in [0.2, 0.25) is 0 Å². The molecule has 0 aliphatic carbocycles. The fourth-order valence-electron chi connectivity index (χ4n) is 3.70. The number of morpholine rings is 1. The number of piperidine rings is 1. The molecule has 4 rings (SSSR count). The molecule has 0 spiro atoms. The first kappa shape index (κ1) is 19.9. The molecule has 2 aliphatic heterocycles. The highest BCUT2D eigenvalue weighted by atomic mass is 19.4. The minimum Gasteiger partial charge on any atom is -0.378 e. The van der Waals surface area contributed by atoms with Crippen LogP contribution in [0.15, 0.2) is 30.5 Å². The van der Waals surface area contributed by atoms with E-state index in [2.05, 4.69) is 26.6 Å². The number of nitrogens with one attached hydrogen (secondary N) is 2. The van der Waals surface area contributed by atoms with Crippen molar-refractivity contribution in [2.75, 3.05) is 49.6 Å². The lowest BCUT2D eigenvalue weighted by molar-refractivity contribution is -0.137. The van der Waals surface area contributed by atoms with Gasteiger partial charge in [-0.15, -0.1) is 0 Å². The molecule has 2 fully saturated rings. The molecule has 0 unspecified atom stereocenters. The second kappa shape index (κ2) is 8.54. The Balaban J connectivity index is 1.60. The smallest absolute Gasteiger partial charge is 0.378 e. The van der Waals surface area contributed by atoms with E-state index in [1.165, 1.54) is 6.07 Å². The van der Waals surface area contributed by atoms with Gasteiger partial charge in [-0.2, -0.15) is 13.2 Å². The van der Waals surface area contributed by atoms with Gasteiger partial charge in [0.15, 0.2) is 0 Å². The maximum Gasteiger partial charge on any atom is 0.417 e. The van der Waals surface area contributed by atoms with Crippen molar-refractivity contribution in [3.8, 4) is 0 Å². The highest BCUT2D eigenvalue weighted by Crippen LogP contribution is 2.32. The summed E-state index contributed by atoms with van der Waals surface area (Å²) < 4.78 is 43.8. The molecule has 2 aliphatic rings. The summed E-state index contributed by atoms with van der Waals surface area (Å²) in [7, 11) is 0. The first-order valence-corrected chi connectivity index (χ1v) is 9.85. The fraction of sp³-hybridized carbons (Fsp3) is 0.500. The van der Waals surface area contributed by atoms with Crippen molar-refractivity contribution < 1.29 is 17.9 Å². The van der Waals surface area contributed by atoms with Crippen LogP contribution >= 0.6 is 0 Å². The van der Waals surface area contributed by atoms with E-state index >= 15 is 0 Å². The highest BCUT2D eigenvalue weighted by Gasteiger charge is 2.30. The molecular formula is C20H24F3N5O. The van der Waals surface area contributed by atoms with Gasteiger partial charge in [0, 0.05) is 42.7 Å².